The average Bonchev–Trinajstić information content (AvgIpc) is 3.34. The van der Waals surface area contributed by atoms with Gasteiger partial charge in [-0.05, 0) is 17.9 Å². The molecule has 1 aromatic carbocycles. The van der Waals surface area contributed by atoms with Crippen LogP contribution in [0.5, 0.6) is 0 Å². The number of benzene rings is 1. The number of aliphatic carboxylic acids is 1. The fourth-order valence-corrected chi connectivity index (χ4v) is 3.41. The molecule has 0 spiro atoms. The molecular formula is C18H17F6N3O2. The second-order valence-corrected chi connectivity index (χ2v) is 6.76. The van der Waals surface area contributed by atoms with Crippen molar-refractivity contribution in [1.29, 1.82) is 0 Å². The van der Waals surface area contributed by atoms with Crippen molar-refractivity contribution in [2.75, 3.05) is 6.54 Å². The molecule has 1 aliphatic carbocycles. The molecule has 1 aromatic heterocycles. The zero-order valence-electron chi connectivity index (χ0n) is 14.9. The summed E-state index contributed by atoms with van der Waals surface area (Å²) in [7, 11) is 0. The number of halogens is 6. The predicted octanol–water partition coefficient (Wildman–Crippen LogP) is 3.91. The van der Waals surface area contributed by atoms with E-state index in [1.54, 1.807) is 0 Å². The zero-order chi connectivity index (χ0) is 21.4. The SMILES string of the molecule is FC(F)(F)c1nc([C@@H]2C[C@H]2c2ccccc2)c2n1CCNC2.O=C(O)C(F)(F)F. The summed E-state index contributed by atoms with van der Waals surface area (Å²) in [5, 5.41) is 10.3. The highest BCUT2D eigenvalue weighted by Crippen LogP contribution is 2.55. The summed E-state index contributed by atoms with van der Waals surface area (Å²) in [6, 6.07) is 9.96. The van der Waals surface area contributed by atoms with Crippen molar-refractivity contribution in [3.63, 3.8) is 0 Å². The highest BCUT2D eigenvalue weighted by atomic mass is 19.4. The van der Waals surface area contributed by atoms with Crippen LogP contribution in [0.15, 0.2) is 30.3 Å². The Morgan fingerprint density at radius 2 is 1.72 bits per heavy atom. The maximum atomic E-state index is 13.2. The zero-order valence-corrected chi connectivity index (χ0v) is 14.9. The fraction of sp³-hybridized carbons (Fsp3) is 0.444. The average molecular weight is 421 g/mol. The Hall–Kier alpha value is -2.56. The van der Waals surface area contributed by atoms with Gasteiger partial charge in [0.15, 0.2) is 0 Å². The van der Waals surface area contributed by atoms with Crippen LogP contribution in [0.4, 0.5) is 26.3 Å². The molecule has 2 heterocycles. The van der Waals surface area contributed by atoms with E-state index in [-0.39, 0.29) is 5.92 Å². The van der Waals surface area contributed by atoms with Crippen LogP contribution in [0.3, 0.4) is 0 Å². The molecule has 0 unspecified atom stereocenters. The normalized spacial score (nSPS) is 21.0. The predicted molar refractivity (Wildman–Crippen MR) is 89.2 cm³/mol. The second-order valence-electron chi connectivity index (χ2n) is 6.76. The van der Waals surface area contributed by atoms with Crippen LogP contribution in [0, 0.1) is 0 Å². The molecule has 1 fully saturated rings. The Balaban J connectivity index is 0.000000298. The monoisotopic (exact) mass is 421 g/mol. The van der Waals surface area contributed by atoms with Crippen molar-refractivity contribution in [2.45, 2.75) is 43.7 Å². The Bertz CT molecular complexity index is 876. The molecule has 158 valence electrons. The number of alkyl halides is 6. The summed E-state index contributed by atoms with van der Waals surface area (Å²) in [5.74, 6) is -3.09. The summed E-state index contributed by atoms with van der Waals surface area (Å²) < 4.78 is 72.7. The van der Waals surface area contributed by atoms with Crippen molar-refractivity contribution in [1.82, 2.24) is 14.9 Å². The molecule has 0 radical (unpaired) electrons. The summed E-state index contributed by atoms with van der Waals surface area (Å²) >= 11 is 0. The van der Waals surface area contributed by atoms with Crippen LogP contribution >= 0.6 is 0 Å². The van der Waals surface area contributed by atoms with Gasteiger partial charge in [0.1, 0.15) is 0 Å². The number of carboxylic acid groups (broad SMARTS) is 1. The third-order valence-electron chi connectivity index (χ3n) is 4.77. The number of carbonyl (C=O) groups is 1. The summed E-state index contributed by atoms with van der Waals surface area (Å²) in [5.41, 5.74) is 2.53. The van der Waals surface area contributed by atoms with Crippen LogP contribution < -0.4 is 5.32 Å². The van der Waals surface area contributed by atoms with Gasteiger partial charge in [0.25, 0.3) is 0 Å². The van der Waals surface area contributed by atoms with E-state index in [4.69, 9.17) is 9.90 Å². The number of hydrogen-bond acceptors (Lipinski definition) is 3. The largest absolute Gasteiger partial charge is 0.490 e. The number of carboxylic acids is 1. The lowest BCUT2D eigenvalue weighted by atomic mass is 10.1. The van der Waals surface area contributed by atoms with Crippen LogP contribution in [-0.2, 0) is 24.1 Å². The van der Waals surface area contributed by atoms with Crippen molar-refractivity contribution in [3.8, 4) is 0 Å². The third kappa shape index (κ3) is 4.72. The number of nitrogens with zero attached hydrogens (tertiary/aromatic N) is 2. The first-order valence-corrected chi connectivity index (χ1v) is 8.72. The molecule has 2 aliphatic rings. The van der Waals surface area contributed by atoms with Gasteiger partial charge in [-0.1, -0.05) is 30.3 Å². The first kappa shape index (κ1) is 21.2. The standard InChI is InChI=1S/C16H16F3N3.C2HF3O2/c17-16(18,19)15-21-14(13-9-20-6-7-22(13)15)12-8-11(12)10-4-2-1-3-5-10;3-2(4,5)1(6)7/h1-5,11-12,20H,6-9H2;(H,6,7)/t11-,12+;/m0./s1. The fourth-order valence-electron chi connectivity index (χ4n) is 3.41. The number of hydrogen-bond donors (Lipinski definition) is 2. The maximum Gasteiger partial charge on any atom is 0.490 e. The Morgan fingerprint density at radius 1 is 1.10 bits per heavy atom. The minimum Gasteiger partial charge on any atom is -0.475 e. The molecule has 29 heavy (non-hydrogen) atoms. The van der Waals surface area contributed by atoms with Gasteiger partial charge in [0.2, 0.25) is 5.82 Å². The molecule has 1 saturated carbocycles. The van der Waals surface area contributed by atoms with Crippen molar-refractivity contribution >= 4 is 5.97 Å². The molecule has 0 saturated heterocycles. The van der Waals surface area contributed by atoms with Gasteiger partial charge < -0.3 is 15.0 Å². The van der Waals surface area contributed by atoms with E-state index in [2.05, 4.69) is 10.3 Å². The first-order chi connectivity index (χ1) is 13.5. The number of fused-ring (bicyclic) bond motifs is 1. The molecule has 2 N–H and O–H groups in total. The van der Waals surface area contributed by atoms with Gasteiger partial charge in [-0.3, -0.25) is 0 Å². The summed E-state index contributed by atoms with van der Waals surface area (Å²) in [6.07, 6.45) is -8.59. The molecule has 11 heteroatoms. The van der Waals surface area contributed by atoms with Crippen molar-refractivity contribution < 1.29 is 36.2 Å². The lowest BCUT2D eigenvalue weighted by Crippen LogP contribution is -2.30. The van der Waals surface area contributed by atoms with Gasteiger partial charge in [-0.2, -0.15) is 26.3 Å². The third-order valence-corrected chi connectivity index (χ3v) is 4.77. The summed E-state index contributed by atoms with van der Waals surface area (Å²) in [6.45, 7) is 1.36. The van der Waals surface area contributed by atoms with E-state index >= 15 is 0 Å². The maximum absolute atomic E-state index is 13.2. The van der Waals surface area contributed by atoms with Crippen LogP contribution in [0.2, 0.25) is 0 Å². The highest BCUT2D eigenvalue weighted by molar-refractivity contribution is 5.73. The second kappa shape index (κ2) is 7.69. The van der Waals surface area contributed by atoms with Crippen LogP contribution in [0.25, 0.3) is 0 Å². The molecule has 1 aliphatic heterocycles. The first-order valence-electron chi connectivity index (χ1n) is 8.72. The lowest BCUT2D eigenvalue weighted by molar-refractivity contribution is -0.192. The van der Waals surface area contributed by atoms with Crippen molar-refractivity contribution in [2.24, 2.45) is 0 Å². The van der Waals surface area contributed by atoms with Gasteiger partial charge in [0, 0.05) is 25.6 Å². The van der Waals surface area contributed by atoms with E-state index in [0.29, 0.717) is 36.9 Å². The molecule has 5 nitrogen and oxygen atoms in total. The molecular weight excluding hydrogens is 404 g/mol. The molecule has 2 atom stereocenters. The minimum atomic E-state index is -5.08. The van der Waals surface area contributed by atoms with Crippen LogP contribution in [0.1, 0.15) is 41.0 Å². The van der Waals surface area contributed by atoms with E-state index in [1.807, 2.05) is 30.3 Å². The number of nitrogens with one attached hydrogen (secondary N) is 1. The molecule has 0 amide bonds. The Kier molecular flexibility index (Phi) is 5.61. The van der Waals surface area contributed by atoms with E-state index in [1.165, 1.54) is 10.1 Å². The topological polar surface area (TPSA) is 67.2 Å². The molecule has 0 bridgehead atoms. The summed E-state index contributed by atoms with van der Waals surface area (Å²) in [4.78, 5) is 12.9. The highest BCUT2D eigenvalue weighted by Gasteiger charge is 2.46. The lowest BCUT2D eigenvalue weighted by Gasteiger charge is -2.19. The van der Waals surface area contributed by atoms with E-state index < -0.39 is 24.1 Å². The Morgan fingerprint density at radius 3 is 2.28 bits per heavy atom. The Labute approximate surface area is 161 Å². The molecule has 4 rings (SSSR count). The van der Waals surface area contributed by atoms with Gasteiger partial charge in [0.05, 0.1) is 11.4 Å². The smallest absolute Gasteiger partial charge is 0.475 e. The minimum absolute atomic E-state index is 0.111. The quantitative estimate of drug-likeness (QED) is 0.722. The van der Waals surface area contributed by atoms with Gasteiger partial charge >= 0.3 is 18.3 Å². The molecule has 2 aromatic rings. The number of aromatic nitrogens is 2. The van der Waals surface area contributed by atoms with E-state index in [0.717, 1.165) is 6.42 Å². The number of rotatable bonds is 2. The van der Waals surface area contributed by atoms with Gasteiger partial charge in [-0.25, -0.2) is 9.78 Å². The van der Waals surface area contributed by atoms with E-state index in [9.17, 15) is 26.3 Å². The number of imidazole rings is 1. The van der Waals surface area contributed by atoms with Crippen molar-refractivity contribution in [3.05, 3.63) is 53.1 Å². The van der Waals surface area contributed by atoms with Gasteiger partial charge in [-0.15, -0.1) is 0 Å². The van der Waals surface area contributed by atoms with Crippen LogP contribution in [-0.4, -0.2) is 33.3 Å².